The van der Waals surface area contributed by atoms with Gasteiger partial charge in [-0.2, -0.15) is 5.26 Å². The molecule has 0 amide bonds. The Labute approximate surface area is 86.2 Å². The number of nitriles is 1. The highest BCUT2D eigenvalue weighted by atomic mass is 32.2. The second-order valence-electron chi connectivity index (χ2n) is 2.40. The molecule has 0 unspecified atom stereocenters. The van der Waals surface area contributed by atoms with Gasteiger partial charge in [0.05, 0.1) is 12.7 Å². The van der Waals surface area contributed by atoms with Crippen molar-refractivity contribution in [1.82, 2.24) is 9.97 Å². The van der Waals surface area contributed by atoms with Crippen LogP contribution in [-0.4, -0.2) is 27.9 Å². The SMILES string of the molecule is CSc1ncc(CO)c(NCC#N)n1. The summed E-state index contributed by atoms with van der Waals surface area (Å²) in [7, 11) is 0. The van der Waals surface area contributed by atoms with Crippen LogP contribution >= 0.6 is 11.8 Å². The first-order valence-electron chi connectivity index (χ1n) is 3.93. The van der Waals surface area contributed by atoms with Gasteiger partial charge in [-0.3, -0.25) is 0 Å². The summed E-state index contributed by atoms with van der Waals surface area (Å²) in [6.45, 7) is 0.0280. The molecule has 1 aromatic rings. The summed E-state index contributed by atoms with van der Waals surface area (Å²) in [5.41, 5.74) is 0.595. The highest BCUT2D eigenvalue weighted by Gasteiger charge is 2.04. The van der Waals surface area contributed by atoms with E-state index in [1.54, 1.807) is 6.20 Å². The topological polar surface area (TPSA) is 81.8 Å². The Kier molecular flexibility index (Phi) is 4.16. The molecule has 1 rings (SSSR count). The van der Waals surface area contributed by atoms with Crippen LogP contribution in [0.3, 0.4) is 0 Å². The molecule has 0 atom stereocenters. The molecule has 0 spiro atoms. The molecular formula is C8H10N4OS. The summed E-state index contributed by atoms with van der Waals surface area (Å²) in [6.07, 6.45) is 3.42. The van der Waals surface area contributed by atoms with Gasteiger partial charge < -0.3 is 10.4 Å². The van der Waals surface area contributed by atoms with Crippen molar-refractivity contribution >= 4 is 17.6 Å². The maximum atomic E-state index is 8.97. The van der Waals surface area contributed by atoms with Crippen molar-refractivity contribution in [1.29, 1.82) is 5.26 Å². The van der Waals surface area contributed by atoms with Crippen LogP contribution in [-0.2, 0) is 6.61 Å². The zero-order valence-electron chi connectivity index (χ0n) is 7.69. The average molecular weight is 210 g/mol. The van der Waals surface area contributed by atoms with Crippen LogP contribution in [0.4, 0.5) is 5.82 Å². The molecule has 0 aliphatic carbocycles. The Morgan fingerprint density at radius 2 is 2.50 bits per heavy atom. The van der Waals surface area contributed by atoms with E-state index in [9.17, 15) is 0 Å². The maximum Gasteiger partial charge on any atom is 0.189 e. The van der Waals surface area contributed by atoms with Gasteiger partial charge in [0.15, 0.2) is 5.16 Å². The van der Waals surface area contributed by atoms with Crippen molar-refractivity contribution in [2.24, 2.45) is 0 Å². The lowest BCUT2D eigenvalue weighted by Gasteiger charge is -2.06. The van der Waals surface area contributed by atoms with Crippen LogP contribution in [0.1, 0.15) is 5.56 Å². The van der Waals surface area contributed by atoms with Gasteiger partial charge in [0, 0.05) is 11.8 Å². The molecule has 0 aromatic carbocycles. The number of hydrogen-bond donors (Lipinski definition) is 2. The highest BCUT2D eigenvalue weighted by molar-refractivity contribution is 7.98. The Morgan fingerprint density at radius 3 is 3.07 bits per heavy atom. The second kappa shape index (κ2) is 5.42. The third kappa shape index (κ3) is 2.58. The molecule has 0 saturated heterocycles. The minimum atomic E-state index is -0.136. The van der Waals surface area contributed by atoms with E-state index in [1.165, 1.54) is 11.8 Å². The maximum absolute atomic E-state index is 8.97. The van der Waals surface area contributed by atoms with Gasteiger partial charge in [0.25, 0.3) is 0 Å². The first-order valence-corrected chi connectivity index (χ1v) is 5.16. The largest absolute Gasteiger partial charge is 0.391 e. The van der Waals surface area contributed by atoms with E-state index in [2.05, 4.69) is 15.3 Å². The molecule has 0 fully saturated rings. The van der Waals surface area contributed by atoms with Gasteiger partial charge in [-0.05, 0) is 6.26 Å². The molecule has 0 bridgehead atoms. The molecule has 74 valence electrons. The van der Waals surface area contributed by atoms with Crippen LogP contribution in [0.2, 0.25) is 0 Å². The minimum Gasteiger partial charge on any atom is -0.391 e. The predicted octanol–water partition coefficient (Wildman–Crippen LogP) is 0.626. The van der Waals surface area contributed by atoms with Crippen molar-refractivity contribution in [2.45, 2.75) is 11.8 Å². The summed E-state index contributed by atoms with van der Waals surface area (Å²) < 4.78 is 0. The van der Waals surface area contributed by atoms with E-state index in [0.29, 0.717) is 16.5 Å². The van der Waals surface area contributed by atoms with Crippen LogP contribution in [0, 0.1) is 11.3 Å². The van der Waals surface area contributed by atoms with E-state index < -0.39 is 0 Å². The lowest BCUT2D eigenvalue weighted by Crippen LogP contribution is -2.06. The van der Waals surface area contributed by atoms with Crippen LogP contribution < -0.4 is 5.32 Å². The zero-order chi connectivity index (χ0) is 10.4. The molecular weight excluding hydrogens is 200 g/mol. The molecule has 2 N–H and O–H groups in total. The monoisotopic (exact) mass is 210 g/mol. The molecule has 5 nitrogen and oxygen atoms in total. The molecule has 1 aromatic heterocycles. The second-order valence-corrected chi connectivity index (χ2v) is 3.17. The summed E-state index contributed by atoms with van der Waals surface area (Å²) in [6, 6.07) is 1.95. The lowest BCUT2D eigenvalue weighted by molar-refractivity contribution is 0.281. The third-order valence-electron chi connectivity index (χ3n) is 1.53. The number of aliphatic hydroxyl groups excluding tert-OH is 1. The molecule has 0 radical (unpaired) electrons. The van der Waals surface area contributed by atoms with Crippen molar-refractivity contribution in [3.05, 3.63) is 11.8 Å². The fourth-order valence-corrected chi connectivity index (χ4v) is 1.22. The number of aromatic nitrogens is 2. The number of anilines is 1. The molecule has 1 heterocycles. The van der Waals surface area contributed by atoms with Crippen molar-refractivity contribution in [3.63, 3.8) is 0 Å². The summed E-state index contributed by atoms with van der Waals surface area (Å²) >= 11 is 1.41. The van der Waals surface area contributed by atoms with E-state index >= 15 is 0 Å². The normalized spacial score (nSPS) is 9.50. The quantitative estimate of drug-likeness (QED) is 0.431. The minimum absolute atomic E-state index is 0.136. The number of thioether (sulfide) groups is 1. The summed E-state index contributed by atoms with van der Waals surface area (Å²) in [5.74, 6) is 0.522. The van der Waals surface area contributed by atoms with Crippen molar-refractivity contribution < 1.29 is 5.11 Å². The van der Waals surface area contributed by atoms with Gasteiger partial charge in [-0.1, -0.05) is 11.8 Å². The molecule has 0 saturated carbocycles. The van der Waals surface area contributed by atoms with Gasteiger partial charge in [0.1, 0.15) is 12.4 Å². The average Bonchev–Trinajstić information content (AvgIpc) is 2.25. The number of rotatable bonds is 4. The van der Waals surface area contributed by atoms with Gasteiger partial charge in [0.2, 0.25) is 0 Å². The fraction of sp³-hybridized carbons (Fsp3) is 0.375. The molecule has 14 heavy (non-hydrogen) atoms. The Balaban J connectivity index is 2.91. The van der Waals surface area contributed by atoms with Crippen LogP contribution in [0.5, 0.6) is 0 Å². The van der Waals surface area contributed by atoms with Crippen molar-refractivity contribution in [2.75, 3.05) is 18.1 Å². The van der Waals surface area contributed by atoms with Crippen LogP contribution in [0.15, 0.2) is 11.4 Å². The van der Waals surface area contributed by atoms with Gasteiger partial charge >= 0.3 is 0 Å². The van der Waals surface area contributed by atoms with E-state index in [4.69, 9.17) is 10.4 Å². The zero-order valence-corrected chi connectivity index (χ0v) is 8.51. The summed E-state index contributed by atoms with van der Waals surface area (Å²) in [4.78, 5) is 8.13. The first kappa shape index (κ1) is 10.8. The summed E-state index contributed by atoms with van der Waals surface area (Å²) in [5, 5.41) is 20.8. The van der Waals surface area contributed by atoms with Crippen molar-refractivity contribution in [3.8, 4) is 6.07 Å². The van der Waals surface area contributed by atoms with E-state index in [-0.39, 0.29) is 13.2 Å². The first-order chi connectivity index (χ1) is 6.81. The fourth-order valence-electron chi connectivity index (χ4n) is 0.881. The number of nitrogens with one attached hydrogen (secondary N) is 1. The molecule has 6 heteroatoms. The Bertz CT molecular complexity index is 350. The number of aliphatic hydroxyl groups is 1. The highest BCUT2D eigenvalue weighted by Crippen LogP contribution is 2.15. The molecule has 0 aliphatic heterocycles. The van der Waals surface area contributed by atoms with Gasteiger partial charge in [-0.15, -0.1) is 0 Å². The number of nitrogens with zero attached hydrogens (tertiary/aromatic N) is 3. The van der Waals surface area contributed by atoms with Crippen LogP contribution in [0.25, 0.3) is 0 Å². The third-order valence-corrected chi connectivity index (χ3v) is 2.09. The number of hydrogen-bond acceptors (Lipinski definition) is 6. The Hall–Kier alpha value is -1.32. The lowest BCUT2D eigenvalue weighted by atomic mass is 10.3. The predicted molar refractivity (Wildman–Crippen MR) is 53.8 cm³/mol. The Morgan fingerprint density at radius 1 is 1.71 bits per heavy atom. The van der Waals surface area contributed by atoms with Gasteiger partial charge in [-0.25, -0.2) is 9.97 Å². The van der Waals surface area contributed by atoms with E-state index in [1.807, 2.05) is 12.3 Å². The molecule has 0 aliphatic rings. The van der Waals surface area contributed by atoms with E-state index in [0.717, 1.165) is 0 Å². The standard InChI is InChI=1S/C8H10N4OS/c1-14-8-11-4-6(5-13)7(12-8)10-3-2-9/h4,13H,3,5H2,1H3,(H,10,11,12). The smallest absolute Gasteiger partial charge is 0.189 e.